The molecule has 0 amide bonds. The number of rotatable bonds is 5. The lowest BCUT2D eigenvalue weighted by molar-refractivity contribution is 0.253. The molecule has 0 saturated heterocycles. The van der Waals surface area contributed by atoms with Gasteiger partial charge >= 0.3 is 0 Å². The van der Waals surface area contributed by atoms with E-state index in [1.54, 1.807) is 6.26 Å². The average molecular weight is 332 g/mol. The highest BCUT2D eigenvalue weighted by Crippen LogP contribution is 2.33. The molecule has 5 heteroatoms. The second-order valence-corrected chi connectivity index (χ2v) is 6.93. The molecule has 0 bridgehead atoms. The van der Waals surface area contributed by atoms with Gasteiger partial charge in [-0.25, -0.2) is 0 Å². The van der Waals surface area contributed by atoms with Crippen LogP contribution in [0.3, 0.4) is 0 Å². The summed E-state index contributed by atoms with van der Waals surface area (Å²) >= 11 is 3.50. The first kappa shape index (κ1) is 14.0. The van der Waals surface area contributed by atoms with Crippen molar-refractivity contribution in [3.8, 4) is 5.75 Å². The number of fused-ring (bicyclic) bond motifs is 1. The zero-order valence-electron chi connectivity index (χ0n) is 10.4. The van der Waals surface area contributed by atoms with E-state index in [4.69, 9.17) is 4.74 Å². The summed E-state index contributed by atoms with van der Waals surface area (Å²) in [6, 6.07) is 6.47. The van der Waals surface area contributed by atoms with Crippen LogP contribution < -0.4 is 10.1 Å². The molecule has 18 heavy (non-hydrogen) atoms. The van der Waals surface area contributed by atoms with Gasteiger partial charge in [0.05, 0.1) is 6.61 Å². The second kappa shape index (κ2) is 6.68. The summed E-state index contributed by atoms with van der Waals surface area (Å²) in [6.45, 7) is 1.65. The fourth-order valence-electron chi connectivity index (χ4n) is 2.13. The lowest BCUT2D eigenvalue weighted by atomic mass is 10.0. The molecule has 1 aromatic carbocycles. The van der Waals surface area contributed by atoms with E-state index in [9.17, 15) is 4.21 Å². The van der Waals surface area contributed by atoms with Crippen molar-refractivity contribution < 1.29 is 8.95 Å². The molecule has 0 saturated carbocycles. The minimum Gasteiger partial charge on any atom is -0.493 e. The van der Waals surface area contributed by atoms with Gasteiger partial charge in [-0.1, -0.05) is 15.9 Å². The summed E-state index contributed by atoms with van der Waals surface area (Å²) in [5.74, 6) is 1.74. The number of ether oxygens (including phenoxy) is 1. The Morgan fingerprint density at radius 2 is 2.39 bits per heavy atom. The molecule has 2 atom stereocenters. The molecule has 1 aliphatic rings. The fourth-order valence-corrected chi connectivity index (χ4v) is 3.06. The van der Waals surface area contributed by atoms with Crippen molar-refractivity contribution in [3.05, 3.63) is 28.2 Å². The highest BCUT2D eigenvalue weighted by molar-refractivity contribution is 9.10. The molecular weight excluding hydrogens is 314 g/mol. The van der Waals surface area contributed by atoms with Crippen LogP contribution in [-0.4, -0.2) is 29.4 Å². The van der Waals surface area contributed by atoms with E-state index < -0.39 is 10.8 Å². The molecule has 3 nitrogen and oxygen atoms in total. The van der Waals surface area contributed by atoms with Gasteiger partial charge in [0.2, 0.25) is 0 Å². The third kappa shape index (κ3) is 3.80. The monoisotopic (exact) mass is 331 g/mol. The molecule has 1 heterocycles. The smallest absolute Gasteiger partial charge is 0.124 e. The average Bonchev–Trinajstić information content (AvgIpc) is 2.34. The minimum atomic E-state index is -0.693. The summed E-state index contributed by atoms with van der Waals surface area (Å²) in [7, 11) is -0.693. The van der Waals surface area contributed by atoms with Crippen LogP contribution in [0.4, 0.5) is 0 Å². The van der Waals surface area contributed by atoms with E-state index in [1.807, 2.05) is 12.1 Å². The maximum absolute atomic E-state index is 11.0. The summed E-state index contributed by atoms with van der Waals surface area (Å²) in [5.41, 5.74) is 1.22. The highest BCUT2D eigenvalue weighted by atomic mass is 79.9. The van der Waals surface area contributed by atoms with Crippen LogP contribution in [0.1, 0.15) is 24.4 Å². The Bertz CT molecular complexity index is 439. The molecule has 1 aliphatic heterocycles. The summed E-state index contributed by atoms with van der Waals surface area (Å²) in [5, 5.41) is 3.53. The van der Waals surface area contributed by atoms with Crippen LogP contribution in [0.5, 0.6) is 5.75 Å². The summed E-state index contributed by atoms with van der Waals surface area (Å²) in [4.78, 5) is 0. The maximum Gasteiger partial charge on any atom is 0.124 e. The zero-order chi connectivity index (χ0) is 13.0. The second-order valence-electron chi connectivity index (χ2n) is 4.46. The highest BCUT2D eigenvalue weighted by Gasteiger charge is 2.20. The van der Waals surface area contributed by atoms with Gasteiger partial charge in [-0.3, -0.25) is 4.21 Å². The standard InChI is InChI=1S/C13H18BrNO2S/c1-18(16)8-2-6-15-12-5-7-17-13-4-3-10(14)9-11(12)13/h3-4,9,12,15H,2,5-8H2,1H3. The molecule has 0 spiro atoms. The predicted octanol–water partition coefficient (Wildman–Crippen LogP) is 2.63. The number of hydrogen-bond donors (Lipinski definition) is 1. The van der Waals surface area contributed by atoms with Crippen molar-refractivity contribution in [3.63, 3.8) is 0 Å². The van der Waals surface area contributed by atoms with Crippen LogP contribution in [0, 0.1) is 0 Å². The predicted molar refractivity (Wildman–Crippen MR) is 78.5 cm³/mol. The molecule has 0 fully saturated rings. The topological polar surface area (TPSA) is 38.3 Å². The third-order valence-electron chi connectivity index (χ3n) is 3.01. The van der Waals surface area contributed by atoms with Gasteiger partial charge < -0.3 is 10.1 Å². The van der Waals surface area contributed by atoms with Crippen molar-refractivity contribution in [1.82, 2.24) is 5.32 Å². The number of nitrogens with one attached hydrogen (secondary N) is 1. The zero-order valence-corrected chi connectivity index (χ0v) is 12.9. The van der Waals surface area contributed by atoms with E-state index in [0.717, 1.165) is 42.0 Å². The molecule has 0 aliphatic carbocycles. The Hall–Kier alpha value is -0.390. The SMILES string of the molecule is CS(=O)CCCNC1CCOc2ccc(Br)cc21. The van der Waals surface area contributed by atoms with Gasteiger partial charge in [0, 0.05) is 45.3 Å². The largest absolute Gasteiger partial charge is 0.493 e. The Morgan fingerprint density at radius 1 is 1.56 bits per heavy atom. The first-order valence-corrected chi connectivity index (χ1v) is 8.64. The van der Waals surface area contributed by atoms with Crippen LogP contribution in [0.25, 0.3) is 0 Å². The Balaban J connectivity index is 1.95. The van der Waals surface area contributed by atoms with Crippen molar-refractivity contribution >= 4 is 26.7 Å². The van der Waals surface area contributed by atoms with Gasteiger partial charge in [0.25, 0.3) is 0 Å². The van der Waals surface area contributed by atoms with E-state index in [0.29, 0.717) is 6.04 Å². The molecule has 1 aromatic rings. The number of benzene rings is 1. The normalized spacial score (nSPS) is 20.0. The number of halogens is 1. The first-order valence-electron chi connectivity index (χ1n) is 6.12. The third-order valence-corrected chi connectivity index (χ3v) is 4.37. The van der Waals surface area contributed by atoms with Gasteiger partial charge in [-0.2, -0.15) is 0 Å². The molecule has 2 unspecified atom stereocenters. The van der Waals surface area contributed by atoms with E-state index in [2.05, 4.69) is 27.3 Å². The number of hydrogen-bond acceptors (Lipinski definition) is 3. The summed E-state index contributed by atoms with van der Waals surface area (Å²) < 4.78 is 17.7. The maximum atomic E-state index is 11.0. The first-order chi connectivity index (χ1) is 8.66. The van der Waals surface area contributed by atoms with Crippen molar-refractivity contribution in [2.24, 2.45) is 0 Å². The lowest BCUT2D eigenvalue weighted by Gasteiger charge is -2.27. The molecule has 0 aromatic heterocycles. The lowest BCUT2D eigenvalue weighted by Crippen LogP contribution is -2.28. The summed E-state index contributed by atoms with van der Waals surface area (Å²) in [6.07, 6.45) is 3.68. The van der Waals surface area contributed by atoms with Crippen molar-refractivity contribution in [2.45, 2.75) is 18.9 Å². The molecule has 1 N–H and O–H groups in total. The van der Waals surface area contributed by atoms with Gasteiger partial charge in [0.1, 0.15) is 5.75 Å². The molecular formula is C13H18BrNO2S. The van der Waals surface area contributed by atoms with Gasteiger partial charge in [0.15, 0.2) is 0 Å². The quantitative estimate of drug-likeness (QED) is 0.843. The van der Waals surface area contributed by atoms with Crippen molar-refractivity contribution in [2.75, 3.05) is 25.2 Å². The van der Waals surface area contributed by atoms with Gasteiger partial charge in [-0.15, -0.1) is 0 Å². The molecule has 0 radical (unpaired) electrons. The molecule has 2 rings (SSSR count). The van der Waals surface area contributed by atoms with Gasteiger partial charge in [-0.05, 0) is 31.2 Å². The van der Waals surface area contributed by atoms with Crippen LogP contribution in [-0.2, 0) is 10.8 Å². The van der Waals surface area contributed by atoms with E-state index >= 15 is 0 Å². The van der Waals surface area contributed by atoms with E-state index in [1.165, 1.54) is 5.56 Å². The fraction of sp³-hybridized carbons (Fsp3) is 0.538. The van der Waals surface area contributed by atoms with Crippen LogP contribution in [0.15, 0.2) is 22.7 Å². The molecule has 100 valence electrons. The minimum absolute atomic E-state index is 0.344. The van der Waals surface area contributed by atoms with Crippen LogP contribution >= 0.6 is 15.9 Å². The Labute approximate surface area is 119 Å². The Morgan fingerprint density at radius 3 is 3.17 bits per heavy atom. The van der Waals surface area contributed by atoms with E-state index in [-0.39, 0.29) is 0 Å². The van der Waals surface area contributed by atoms with Crippen LogP contribution in [0.2, 0.25) is 0 Å². The Kier molecular flexibility index (Phi) is 5.21. The van der Waals surface area contributed by atoms with Crippen molar-refractivity contribution in [1.29, 1.82) is 0 Å².